The second-order valence-electron chi connectivity index (χ2n) is 6.15. The van der Waals surface area contributed by atoms with Gasteiger partial charge in [-0.25, -0.2) is 4.98 Å². The Balaban J connectivity index is 1.91. The van der Waals surface area contributed by atoms with Crippen LogP contribution >= 0.6 is 0 Å². The highest BCUT2D eigenvalue weighted by Gasteiger charge is 2.30. The molecule has 1 aromatic carbocycles. The van der Waals surface area contributed by atoms with Crippen LogP contribution in [0.15, 0.2) is 30.3 Å². The molecule has 0 atom stereocenters. The number of nitrogens with one attached hydrogen (secondary N) is 2. The number of aromatic nitrogens is 1. The first kappa shape index (κ1) is 21.2. The van der Waals surface area contributed by atoms with E-state index in [1.807, 2.05) is 0 Å². The van der Waals surface area contributed by atoms with Gasteiger partial charge >= 0.3 is 6.18 Å². The highest BCUT2D eigenvalue weighted by Crippen LogP contribution is 2.32. The summed E-state index contributed by atoms with van der Waals surface area (Å²) >= 11 is 0. The van der Waals surface area contributed by atoms with Gasteiger partial charge in [0, 0.05) is 18.2 Å². The summed E-state index contributed by atoms with van der Waals surface area (Å²) in [6.45, 7) is 4.78. The molecule has 0 bridgehead atoms. The number of hydrogen-bond acceptors (Lipinski definition) is 4. The van der Waals surface area contributed by atoms with Crippen molar-refractivity contribution in [2.45, 2.75) is 26.9 Å². The van der Waals surface area contributed by atoms with E-state index in [0.717, 1.165) is 12.1 Å². The first-order chi connectivity index (χ1) is 13.1. The second-order valence-corrected chi connectivity index (χ2v) is 6.15. The van der Waals surface area contributed by atoms with Gasteiger partial charge in [-0.1, -0.05) is 0 Å². The molecule has 150 valence electrons. The number of amides is 2. The Hall–Kier alpha value is -3.10. The minimum absolute atomic E-state index is 0.0839. The molecule has 0 radical (unpaired) electrons. The number of aryl methyl sites for hydroxylation is 2. The Morgan fingerprint density at radius 1 is 1.14 bits per heavy atom. The molecule has 2 rings (SSSR count). The van der Waals surface area contributed by atoms with Gasteiger partial charge in [0.2, 0.25) is 5.91 Å². The fourth-order valence-corrected chi connectivity index (χ4v) is 2.46. The molecule has 1 heterocycles. The van der Waals surface area contributed by atoms with E-state index in [-0.39, 0.29) is 30.8 Å². The predicted molar refractivity (Wildman–Crippen MR) is 97.3 cm³/mol. The Labute approximate surface area is 160 Å². The average Bonchev–Trinajstić information content (AvgIpc) is 2.57. The van der Waals surface area contributed by atoms with Crippen molar-refractivity contribution in [2.75, 3.05) is 18.5 Å². The molecule has 0 aliphatic carbocycles. The number of pyridine rings is 1. The van der Waals surface area contributed by atoms with E-state index in [1.165, 1.54) is 26.0 Å². The quantitative estimate of drug-likeness (QED) is 0.734. The maximum absolute atomic E-state index is 12.7. The van der Waals surface area contributed by atoms with Crippen molar-refractivity contribution in [1.82, 2.24) is 10.3 Å². The van der Waals surface area contributed by atoms with Crippen molar-refractivity contribution in [3.05, 3.63) is 52.7 Å². The summed E-state index contributed by atoms with van der Waals surface area (Å²) in [7, 11) is 0. The lowest BCUT2D eigenvalue weighted by Gasteiger charge is -2.13. The number of nitrogens with zero attached hydrogens (tertiary/aromatic N) is 1. The van der Waals surface area contributed by atoms with Crippen LogP contribution in [0.2, 0.25) is 0 Å². The summed E-state index contributed by atoms with van der Waals surface area (Å²) in [6, 6.07) is 6.24. The van der Waals surface area contributed by atoms with E-state index in [4.69, 9.17) is 4.74 Å². The molecule has 28 heavy (non-hydrogen) atoms. The first-order valence-electron chi connectivity index (χ1n) is 8.41. The van der Waals surface area contributed by atoms with Gasteiger partial charge in [-0.05, 0) is 49.7 Å². The van der Waals surface area contributed by atoms with Crippen LogP contribution in [0, 0.1) is 13.8 Å². The summed E-state index contributed by atoms with van der Waals surface area (Å²) in [5, 5.41) is 5.16. The van der Waals surface area contributed by atoms with Gasteiger partial charge in [-0.15, -0.1) is 0 Å². The van der Waals surface area contributed by atoms with Gasteiger partial charge in [0.15, 0.2) is 0 Å². The number of alkyl halides is 3. The maximum Gasteiger partial charge on any atom is 0.416 e. The van der Waals surface area contributed by atoms with Crippen LogP contribution in [0.25, 0.3) is 0 Å². The van der Waals surface area contributed by atoms with Crippen molar-refractivity contribution in [3.63, 3.8) is 0 Å². The summed E-state index contributed by atoms with van der Waals surface area (Å²) in [6.07, 6.45) is -4.41. The summed E-state index contributed by atoms with van der Waals surface area (Å²) in [5.41, 5.74) is 0.495. The topological polar surface area (TPSA) is 80.3 Å². The SMILES string of the molecule is CC(=O)Nc1cc(C(=O)NCCOc2ccc(C(F)(F)F)cc2C)cc(C)n1. The highest BCUT2D eigenvalue weighted by atomic mass is 19.4. The molecular weight excluding hydrogens is 375 g/mol. The summed E-state index contributed by atoms with van der Waals surface area (Å²) < 4.78 is 43.4. The number of carbonyl (C=O) groups excluding carboxylic acids is 2. The lowest BCUT2D eigenvalue weighted by Crippen LogP contribution is -2.28. The van der Waals surface area contributed by atoms with Gasteiger partial charge < -0.3 is 15.4 Å². The van der Waals surface area contributed by atoms with Crippen LogP contribution in [-0.4, -0.2) is 29.9 Å². The third-order valence-corrected chi connectivity index (χ3v) is 3.67. The van der Waals surface area contributed by atoms with Crippen molar-refractivity contribution >= 4 is 17.6 Å². The molecule has 0 aliphatic rings. The minimum Gasteiger partial charge on any atom is -0.491 e. The number of anilines is 1. The van der Waals surface area contributed by atoms with E-state index < -0.39 is 11.7 Å². The molecule has 0 fully saturated rings. The average molecular weight is 395 g/mol. The summed E-state index contributed by atoms with van der Waals surface area (Å²) in [5.74, 6) is -0.0983. The molecule has 0 unspecified atom stereocenters. The number of ether oxygens (including phenoxy) is 1. The van der Waals surface area contributed by atoms with Gasteiger partial charge in [-0.3, -0.25) is 9.59 Å². The van der Waals surface area contributed by atoms with Crippen LogP contribution in [-0.2, 0) is 11.0 Å². The Kier molecular flexibility index (Phi) is 6.61. The van der Waals surface area contributed by atoms with Crippen molar-refractivity contribution in [1.29, 1.82) is 0 Å². The molecule has 1 aromatic heterocycles. The zero-order valence-electron chi connectivity index (χ0n) is 15.6. The third kappa shape index (κ3) is 5.97. The molecule has 2 N–H and O–H groups in total. The lowest BCUT2D eigenvalue weighted by atomic mass is 10.1. The summed E-state index contributed by atoms with van der Waals surface area (Å²) in [4.78, 5) is 27.5. The Morgan fingerprint density at radius 3 is 2.46 bits per heavy atom. The van der Waals surface area contributed by atoms with Crippen LogP contribution in [0.4, 0.5) is 19.0 Å². The third-order valence-electron chi connectivity index (χ3n) is 3.67. The molecule has 9 heteroatoms. The fraction of sp³-hybridized carbons (Fsp3) is 0.316. The largest absolute Gasteiger partial charge is 0.491 e. The monoisotopic (exact) mass is 395 g/mol. The number of rotatable bonds is 6. The van der Waals surface area contributed by atoms with Crippen molar-refractivity contribution in [3.8, 4) is 5.75 Å². The number of carbonyl (C=O) groups is 2. The molecule has 2 amide bonds. The van der Waals surface area contributed by atoms with Gasteiger partial charge in [0.1, 0.15) is 18.2 Å². The minimum atomic E-state index is -4.41. The lowest BCUT2D eigenvalue weighted by molar-refractivity contribution is -0.137. The molecular formula is C19H20F3N3O3. The van der Waals surface area contributed by atoms with E-state index in [1.54, 1.807) is 13.0 Å². The highest BCUT2D eigenvalue weighted by molar-refractivity contribution is 5.96. The van der Waals surface area contributed by atoms with Crippen LogP contribution < -0.4 is 15.4 Å². The van der Waals surface area contributed by atoms with Crippen molar-refractivity contribution in [2.24, 2.45) is 0 Å². The number of benzene rings is 1. The smallest absolute Gasteiger partial charge is 0.416 e. The van der Waals surface area contributed by atoms with E-state index in [2.05, 4.69) is 15.6 Å². The van der Waals surface area contributed by atoms with E-state index in [9.17, 15) is 22.8 Å². The molecule has 6 nitrogen and oxygen atoms in total. The molecule has 0 saturated carbocycles. The molecule has 0 spiro atoms. The standard InChI is InChI=1S/C19H20F3N3O3/c1-11-8-15(19(20,21)22)4-5-16(11)28-7-6-23-18(27)14-9-12(2)24-17(10-14)25-13(3)26/h4-5,8-10H,6-7H2,1-3H3,(H,23,27)(H,24,25,26). The zero-order valence-corrected chi connectivity index (χ0v) is 15.6. The molecule has 0 aliphatic heterocycles. The zero-order chi connectivity index (χ0) is 20.9. The van der Waals surface area contributed by atoms with Crippen LogP contribution in [0.3, 0.4) is 0 Å². The van der Waals surface area contributed by atoms with Gasteiger partial charge in [0.05, 0.1) is 12.1 Å². The van der Waals surface area contributed by atoms with Crippen molar-refractivity contribution < 1.29 is 27.5 Å². The van der Waals surface area contributed by atoms with Crippen LogP contribution in [0.5, 0.6) is 5.75 Å². The Bertz CT molecular complexity index is 882. The van der Waals surface area contributed by atoms with E-state index >= 15 is 0 Å². The van der Waals surface area contributed by atoms with Crippen LogP contribution in [0.1, 0.15) is 34.1 Å². The number of halogens is 3. The first-order valence-corrected chi connectivity index (χ1v) is 8.41. The fourth-order valence-electron chi connectivity index (χ4n) is 2.46. The predicted octanol–water partition coefficient (Wildman–Crippen LogP) is 3.48. The second kappa shape index (κ2) is 8.73. The molecule has 0 saturated heterocycles. The maximum atomic E-state index is 12.7. The molecule has 2 aromatic rings. The van der Waals surface area contributed by atoms with Gasteiger partial charge in [0.25, 0.3) is 5.91 Å². The van der Waals surface area contributed by atoms with Gasteiger partial charge in [-0.2, -0.15) is 13.2 Å². The Morgan fingerprint density at radius 2 is 1.86 bits per heavy atom. The number of hydrogen-bond donors (Lipinski definition) is 2. The van der Waals surface area contributed by atoms with E-state index in [0.29, 0.717) is 22.6 Å². The normalized spacial score (nSPS) is 11.1.